The molecule has 0 radical (unpaired) electrons. The van der Waals surface area contributed by atoms with E-state index in [-0.39, 0.29) is 11.6 Å². The fourth-order valence-corrected chi connectivity index (χ4v) is 2.54. The molecule has 2 aromatic rings. The molecule has 0 saturated carbocycles. The molecule has 5 heteroatoms. The third kappa shape index (κ3) is 4.81. The van der Waals surface area contributed by atoms with Crippen molar-refractivity contribution >= 4 is 46.2 Å². The highest BCUT2D eigenvalue weighted by atomic mass is 127. The molecule has 1 atom stereocenters. The first-order valence-corrected chi connectivity index (χ1v) is 8.39. The number of nitriles is 1. The third-order valence-electron chi connectivity index (χ3n) is 3.27. The van der Waals surface area contributed by atoms with Gasteiger partial charge < -0.3 is 5.32 Å². The first-order chi connectivity index (χ1) is 11.0. The van der Waals surface area contributed by atoms with Crippen LogP contribution in [0.2, 0.25) is 5.02 Å². The SMILES string of the molecule is C[C@H](NC(=O)/C(C#N)=C/c1ccc(I)c(Cl)c1)c1ccccc1. The fraction of sp³-hybridized carbons (Fsp3) is 0.111. The number of hydrogen-bond donors (Lipinski definition) is 1. The number of nitrogens with one attached hydrogen (secondary N) is 1. The molecule has 0 spiro atoms. The van der Waals surface area contributed by atoms with Crippen LogP contribution in [-0.2, 0) is 4.79 Å². The van der Waals surface area contributed by atoms with Crippen molar-refractivity contribution in [3.63, 3.8) is 0 Å². The fourth-order valence-electron chi connectivity index (χ4n) is 2.02. The first-order valence-electron chi connectivity index (χ1n) is 6.94. The molecule has 0 bridgehead atoms. The molecule has 0 aliphatic carbocycles. The van der Waals surface area contributed by atoms with Crippen molar-refractivity contribution in [2.45, 2.75) is 13.0 Å². The molecule has 0 aliphatic rings. The van der Waals surface area contributed by atoms with Gasteiger partial charge in [-0.3, -0.25) is 4.79 Å². The number of benzene rings is 2. The Bertz CT molecular complexity index is 781. The van der Waals surface area contributed by atoms with Gasteiger partial charge in [0.05, 0.1) is 11.1 Å². The number of halogens is 2. The summed E-state index contributed by atoms with van der Waals surface area (Å²) < 4.78 is 0.919. The van der Waals surface area contributed by atoms with Gasteiger partial charge in [0.15, 0.2) is 0 Å². The van der Waals surface area contributed by atoms with E-state index in [0.29, 0.717) is 5.02 Å². The monoisotopic (exact) mass is 436 g/mol. The Labute approximate surface area is 154 Å². The van der Waals surface area contributed by atoms with Crippen LogP contribution in [0.1, 0.15) is 24.1 Å². The minimum atomic E-state index is -0.404. The van der Waals surface area contributed by atoms with Gasteiger partial charge in [-0.1, -0.05) is 48.0 Å². The Hall–Kier alpha value is -1.84. The summed E-state index contributed by atoms with van der Waals surface area (Å²) in [5.41, 5.74) is 1.75. The lowest BCUT2D eigenvalue weighted by Gasteiger charge is -2.13. The highest BCUT2D eigenvalue weighted by molar-refractivity contribution is 14.1. The zero-order valence-electron chi connectivity index (χ0n) is 12.4. The van der Waals surface area contributed by atoms with E-state index >= 15 is 0 Å². The van der Waals surface area contributed by atoms with Gasteiger partial charge in [0.25, 0.3) is 5.91 Å². The van der Waals surface area contributed by atoms with E-state index in [1.165, 1.54) is 6.08 Å². The number of rotatable bonds is 4. The van der Waals surface area contributed by atoms with Crippen molar-refractivity contribution in [1.82, 2.24) is 5.32 Å². The topological polar surface area (TPSA) is 52.9 Å². The molecule has 0 fully saturated rings. The second-order valence-corrected chi connectivity index (χ2v) is 6.52. The van der Waals surface area contributed by atoms with E-state index in [9.17, 15) is 10.1 Å². The van der Waals surface area contributed by atoms with E-state index in [4.69, 9.17) is 11.6 Å². The summed E-state index contributed by atoms with van der Waals surface area (Å²) in [6, 6.07) is 16.8. The zero-order valence-corrected chi connectivity index (χ0v) is 15.3. The van der Waals surface area contributed by atoms with Gasteiger partial charge in [0.2, 0.25) is 0 Å². The summed E-state index contributed by atoms with van der Waals surface area (Å²) in [7, 11) is 0. The van der Waals surface area contributed by atoms with Crippen molar-refractivity contribution in [3.05, 3.63) is 73.8 Å². The molecule has 2 aromatic carbocycles. The summed E-state index contributed by atoms with van der Waals surface area (Å²) in [6.07, 6.45) is 1.54. The standard InChI is InChI=1S/C18H14ClIN2O/c1-12(14-5-3-2-4-6-14)22-18(23)15(11-21)9-13-7-8-17(20)16(19)10-13/h2-10,12H,1H3,(H,22,23)/b15-9+/t12-/m0/s1. The number of amides is 1. The molecule has 3 nitrogen and oxygen atoms in total. The minimum Gasteiger partial charge on any atom is -0.345 e. The summed E-state index contributed by atoms with van der Waals surface area (Å²) in [5.74, 6) is -0.404. The number of nitrogens with zero attached hydrogens (tertiary/aromatic N) is 1. The van der Waals surface area contributed by atoms with Crippen LogP contribution < -0.4 is 5.32 Å². The van der Waals surface area contributed by atoms with E-state index in [0.717, 1.165) is 14.7 Å². The number of hydrogen-bond acceptors (Lipinski definition) is 2. The van der Waals surface area contributed by atoms with Crippen LogP contribution in [-0.4, -0.2) is 5.91 Å². The summed E-state index contributed by atoms with van der Waals surface area (Å²) in [4.78, 5) is 12.3. The number of carbonyl (C=O) groups is 1. The average molecular weight is 437 g/mol. The van der Waals surface area contributed by atoms with Crippen LogP contribution in [0.4, 0.5) is 0 Å². The van der Waals surface area contributed by atoms with Crippen LogP contribution in [0.3, 0.4) is 0 Å². The summed E-state index contributed by atoms with van der Waals surface area (Å²) in [5, 5.41) is 12.7. The van der Waals surface area contributed by atoms with Gasteiger partial charge in [-0.15, -0.1) is 0 Å². The quantitative estimate of drug-likeness (QED) is 0.428. The zero-order chi connectivity index (χ0) is 16.8. The lowest BCUT2D eigenvalue weighted by atomic mass is 10.1. The maximum atomic E-state index is 12.3. The second-order valence-electron chi connectivity index (χ2n) is 4.95. The first kappa shape index (κ1) is 17.5. The molecule has 0 aromatic heterocycles. The minimum absolute atomic E-state index is 0.0463. The lowest BCUT2D eigenvalue weighted by Crippen LogP contribution is -2.27. The molecule has 1 N–H and O–H groups in total. The smallest absolute Gasteiger partial charge is 0.262 e. The van der Waals surface area contributed by atoms with Gasteiger partial charge in [-0.2, -0.15) is 5.26 Å². The van der Waals surface area contributed by atoms with Crippen molar-refractivity contribution in [2.75, 3.05) is 0 Å². The Balaban J connectivity index is 2.17. The number of carbonyl (C=O) groups excluding carboxylic acids is 1. The Kier molecular flexibility index (Phi) is 6.20. The van der Waals surface area contributed by atoms with Crippen molar-refractivity contribution < 1.29 is 4.79 Å². The van der Waals surface area contributed by atoms with E-state index in [1.54, 1.807) is 6.07 Å². The van der Waals surface area contributed by atoms with Crippen molar-refractivity contribution in [2.24, 2.45) is 0 Å². The molecule has 116 valence electrons. The predicted molar refractivity (Wildman–Crippen MR) is 101 cm³/mol. The van der Waals surface area contributed by atoms with E-state index in [2.05, 4.69) is 27.9 Å². The maximum Gasteiger partial charge on any atom is 0.262 e. The van der Waals surface area contributed by atoms with Crippen LogP contribution in [0.25, 0.3) is 6.08 Å². The van der Waals surface area contributed by atoms with Crippen LogP contribution in [0.5, 0.6) is 0 Å². The highest BCUT2D eigenvalue weighted by Crippen LogP contribution is 2.21. The molecule has 0 aliphatic heterocycles. The normalized spacial score (nSPS) is 12.3. The lowest BCUT2D eigenvalue weighted by molar-refractivity contribution is -0.117. The van der Waals surface area contributed by atoms with Gasteiger partial charge in [-0.05, 0) is 58.9 Å². The van der Waals surface area contributed by atoms with Gasteiger partial charge in [0.1, 0.15) is 11.6 Å². The van der Waals surface area contributed by atoms with E-state index < -0.39 is 5.91 Å². The predicted octanol–water partition coefficient (Wildman–Crippen LogP) is 4.73. The Morgan fingerprint density at radius 3 is 2.61 bits per heavy atom. The van der Waals surface area contributed by atoms with Gasteiger partial charge in [-0.25, -0.2) is 0 Å². The molecule has 23 heavy (non-hydrogen) atoms. The maximum absolute atomic E-state index is 12.3. The third-order valence-corrected chi connectivity index (χ3v) is 4.84. The molecule has 2 rings (SSSR count). The molecular formula is C18H14ClIN2O. The summed E-state index contributed by atoms with van der Waals surface area (Å²) >= 11 is 8.19. The highest BCUT2D eigenvalue weighted by Gasteiger charge is 2.13. The Morgan fingerprint density at radius 2 is 2.00 bits per heavy atom. The average Bonchev–Trinajstić information content (AvgIpc) is 2.56. The molecule has 0 unspecified atom stereocenters. The Morgan fingerprint density at radius 1 is 1.30 bits per heavy atom. The van der Waals surface area contributed by atoms with Gasteiger partial charge >= 0.3 is 0 Å². The van der Waals surface area contributed by atoms with Crippen LogP contribution >= 0.6 is 34.2 Å². The van der Waals surface area contributed by atoms with E-state index in [1.807, 2.05) is 55.5 Å². The van der Waals surface area contributed by atoms with Crippen LogP contribution in [0.15, 0.2) is 54.1 Å². The molecule has 0 heterocycles. The van der Waals surface area contributed by atoms with Crippen molar-refractivity contribution in [3.8, 4) is 6.07 Å². The van der Waals surface area contributed by atoms with Crippen molar-refractivity contribution in [1.29, 1.82) is 5.26 Å². The second kappa shape index (κ2) is 8.14. The van der Waals surface area contributed by atoms with Crippen LogP contribution in [0, 0.1) is 14.9 Å². The molecule has 0 saturated heterocycles. The molecule has 1 amide bonds. The molecular weight excluding hydrogens is 423 g/mol. The largest absolute Gasteiger partial charge is 0.345 e. The summed E-state index contributed by atoms with van der Waals surface area (Å²) in [6.45, 7) is 1.88. The van der Waals surface area contributed by atoms with Gasteiger partial charge in [0, 0.05) is 3.57 Å².